The Hall–Kier alpha value is -3.27. The van der Waals surface area contributed by atoms with E-state index in [1.807, 2.05) is 36.4 Å². The van der Waals surface area contributed by atoms with E-state index in [0.29, 0.717) is 29.9 Å². The number of anilines is 2. The molecule has 1 fully saturated rings. The van der Waals surface area contributed by atoms with E-state index < -0.39 is 0 Å². The van der Waals surface area contributed by atoms with Crippen LogP contribution in [-0.4, -0.2) is 58.2 Å². The van der Waals surface area contributed by atoms with Crippen molar-refractivity contribution in [3.05, 3.63) is 42.5 Å². The van der Waals surface area contributed by atoms with Gasteiger partial charge in [0.15, 0.2) is 11.5 Å². The third-order valence-corrected chi connectivity index (χ3v) is 6.34. The van der Waals surface area contributed by atoms with E-state index in [2.05, 4.69) is 31.8 Å². The first-order chi connectivity index (χ1) is 15.8. The van der Waals surface area contributed by atoms with Crippen molar-refractivity contribution in [3.8, 4) is 17.2 Å². The maximum Gasteiger partial charge on any atom is 0.234 e. The number of benzene rings is 2. The largest absolute Gasteiger partial charge is 0.486 e. The molecule has 1 saturated heterocycles. The van der Waals surface area contributed by atoms with Gasteiger partial charge < -0.3 is 19.7 Å². The highest BCUT2D eigenvalue weighted by Gasteiger charge is 2.18. The minimum atomic E-state index is -0.101. The number of nitrogens with zero attached hydrogens (tertiary/aromatic N) is 5. The molecule has 2 aliphatic heterocycles. The molecule has 0 bridgehead atoms. The van der Waals surface area contributed by atoms with E-state index in [0.717, 1.165) is 30.2 Å². The van der Waals surface area contributed by atoms with Gasteiger partial charge in [-0.3, -0.25) is 4.79 Å². The van der Waals surface area contributed by atoms with Crippen molar-refractivity contribution in [1.82, 2.24) is 20.2 Å². The molecule has 9 nitrogen and oxygen atoms in total. The van der Waals surface area contributed by atoms with Gasteiger partial charge in [0.25, 0.3) is 0 Å². The lowest BCUT2D eigenvalue weighted by Gasteiger charge is -2.30. The predicted molar refractivity (Wildman–Crippen MR) is 122 cm³/mol. The van der Waals surface area contributed by atoms with Crippen LogP contribution in [0.25, 0.3) is 5.69 Å². The fourth-order valence-corrected chi connectivity index (χ4v) is 4.59. The highest BCUT2D eigenvalue weighted by atomic mass is 32.2. The topological polar surface area (TPSA) is 94.4 Å². The summed E-state index contributed by atoms with van der Waals surface area (Å²) in [6.45, 7) is 3.08. The van der Waals surface area contributed by atoms with Gasteiger partial charge in [-0.15, -0.1) is 5.10 Å². The Morgan fingerprint density at radius 2 is 1.84 bits per heavy atom. The molecule has 1 N–H and O–H groups in total. The summed E-state index contributed by atoms with van der Waals surface area (Å²) in [6, 6.07) is 13.5. The number of nitrogens with one attached hydrogen (secondary N) is 1. The van der Waals surface area contributed by atoms with Gasteiger partial charge in [0.1, 0.15) is 13.2 Å². The summed E-state index contributed by atoms with van der Waals surface area (Å²) in [4.78, 5) is 15.1. The highest BCUT2D eigenvalue weighted by Crippen LogP contribution is 2.33. The van der Waals surface area contributed by atoms with E-state index >= 15 is 0 Å². The Labute approximate surface area is 190 Å². The van der Waals surface area contributed by atoms with E-state index in [-0.39, 0.29) is 11.7 Å². The summed E-state index contributed by atoms with van der Waals surface area (Å²) in [6.07, 6.45) is 3.63. The number of piperidine rings is 1. The van der Waals surface area contributed by atoms with Gasteiger partial charge in [0.2, 0.25) is 11.1 Å². The second kappa shape index (κ2) is 9.47. The molecule has 3 heterocycles. The SMILES string of the molecule is O=C(CSc1nnnn1-c1ccc2c(c1)OCCO2)Nc1ccccc1N1CCCCC1. The molecule has 0 saturated carbocycles. The van der Waals surface area contributed by atoms with E-state index in [9.17, 15) is 4.79 Å². The van der Waals surface area contributed by atoms with Crippen LogP contribution < -0.4 is 19.7 Å². The molecule has 10 heteroatoms. The lowest BCUT2D eigenvalue weighted by Crippen LogP contribution is -2.30. The number of hydrogen-bond acceptors (Lipinski definition) is 8. The Balaban J connectivity index is 1.25. The first-order valence-corrected chi connectivity index (χ1v) is 11.7. The summed E-state index contributed by atoms with van der Waals surface area (Å²) >= 11 is 1.28. The Morgan fingerprint density at radius 1 is 1.03 bits per heavy atom. The number of tetrazole rings is 1. The number of ether oxygens (including phenoxy) is 2. The van der Waals surface area contributed by atoms with Gasteiger partial charge in [-0.2, -0.15) is 4.68 Å². The van der Waals surface area contributed by atoms with Gasteiger partial charge in [0, 0.05) is 19.2 Å². The van der Waals surface area contributed by atoms with E-state index in [4.69, 9.17) is 9.47 Å². The zero-order valence-electron chi connectivity index (χ0n) is 17.6. The van der Waals surface area contributed by atoms with Crippen LogP contribution in [0.1, 0.15) is 19.3 Å². The van der Waals surface area contributed by atoms with Crippen LogP contribution in [0, 0.1) is 0 Å². The van der Waals surface area contributed by atoms with Gasteiger partial charge in [0.05, 0.1) is 22.8 Å². The minimum absolute atomic E-state index is 0.101. The molecular formula is C22H24N6O3S. The maximum absolute atomic E-state index is 12.7. The van der Waals surface area contributed by atoms with Crippen molar-refractivity contribution in [3.63, 3.8) is 0 Å². The first kappa shape index (κ1) is 20.6. The molecular weight excluding hydrogens is 428 g/mol. The molecule has 5 rings (SSSR count). The van der Waals surface area contributed by atoms with Gasteiger partial charge in [-0.25, -0.2) is 0 Å². The molecule has 0 radical (unpaired) electrons. The Morgan fingerprint density at radius 3 is 2.72 bits per heavy atom. The molecule has 0 spiro atoms. The number of aromatic nitrogens is 4. The molecule has 32 heavy (non-hydrogen) atoms. The van der Waals surface area contributed by atoms with Crippen molar-refractivity contribution in [2.45, 2.75) is 24.4 Å². The van der Waals surface area contributed by atoms with Gasteiger partial charge in [-0.05, 0) is 54.0 Å². The van der Waals surface area contributed by atoms with Crippen LogP contribution in [0.5, 0.6) is 11.5 Å². The third kappa shape index (κ3) is 4.50. The van der Waals surface area contributed by atoms with Crippen molar-refractivity contribution in [2.75, 3.05) is 42.3 Å². The smallest absolute Gasteiger partial charge is 0.234 e. The first-order valence-electron chi connectivity index (χ1n) is 10.7. The molecule has 3 aromatic rings. The fraction of sp³-hybridized carbons (Fsp3) is 0.364. The standard InChI is InChI=1S/C22H24N6O3S/c29-21(23-17-6-2-3-7-18(17)27-10-4-1-5-11-27)15-32-22-24-25-26-28(22)16-8-9-19-20(14-16)31-13-12-30-19/h2-3,6-9,14H,1,4-5,10-13,15H2,(H,23,29). The molecule has 1 aromatic heterocycles. The van der Waals surface area contributed by atoms with Crippen LogP contribution in [0.15, 0.2) is 47.6 Å². The van der Waals surface area contributed by atoms with Crippen molar-refractivity contribution in [1.29, 1.82) is 0 Å². The van der Waals surface area contributed by atoms with E-state index in [1.54, 1.807) is 4.68 Å². The molecule has 0 unspecified atom stereocenters. The van der Waals surface area contributed by atoms with Crippen molar-refractivity contribution >= 4 is 29.0 Å². The number of thioether (sulfide) groups is 1. The highest BCUT2D eigenvalue weighted by molar-refractivity contribution is 7.99. The molecule has 1 amide bonds. The number of rotatable bonds is 6. The number of carbonyl (C=O) groups excluding carboxylic acids is 1. The van der Waals surface area contributed by atoms with Gasteiger partial charge >= 0.3 is 0 Å². The fourth-order valence-electron chi connectivity index (χ4n) is 3.90. The lowest BCUT2D eigenvalue weighted by molar-refractivity contribution is -0.113. The summed E-state index contributed by atoms with van der Waals surface area (Å²) in [7, 11) is 0. The molecule has 2 aliphatic rings. The summed E-state index contributed by atoms with van der Waals surface area (Å²) < 4.78 is 12.8. The average Bonchev–Trinajstić information content (AvgIpc) is 3.32. The van der Waals surface area contributed by atoms with Crippen molar-refractivity contribution < 1.29 is 14.3 Å². The number of carbonyl (C=O) groups is 1. The molecule has 0 aliphatic carbocycles. The van der Waals surface area contributed by atoms with E-state index in [1.165, 1.54) is 31.0 Å². The zero-order chi connectivity index (χ0) is 21.8. The molecule has 2 aromatic carbocycles. The predicted octanol–water partition coefficient (Wildman–Crippen LogP) is 3.15. The van der Waals surface area contributed by atoms with Crippen LogP contribution >= 0.6 is 11.8 Å². The van der Waals surface area contributed by atoms with Crippen LogP contribution in [0.2, 0.25) is 0 Å². The number of fused-ring (bicyclic) bond motifs is 1. The number of para-hydroxylation sites is 2. The molecule has 166 valence electrons. The number of amides is 1. The quantitative estimate of drug-likeness (QED) is 0.570. The average molecular weight is 453 g/mol. The summed E-state index contributed by atoms with van der Waals surface area (Å²) in [5, 5.41) is 15.5. The normalized spacial score (nSPS) is 15.4. The monoisotopic (exact) mass is 452 g/mol. The zero-order valence-corrected chi connectivity index (χ0v) is 18.4. The Bertz CT molecular complexity index is 1100. The van der Waals surface area contributed by atoms with Crippen LogP contribution in [0.4, 0.5) is 11.4 Å². The third-order valence-electron chi connectivity index (χ3n) is 5.42. The van der Waals surface area contributed by atoms with Crippen LogP contribution in [0.3, 0.4) is 0 Å². The summed E-state index contributed by atoms with van der Waals surface area (Å²) in [5.74, 6) is 1.46. The van der Waals surface area contributed by atoms with Crippen molar-refractivity contribution in [2.24, 2.45) is 0 Å². The summed E-state index contributed by atoms with van der Waals surface area (Å²) in [5.41, 5.74) is 2.66. The molecule has 0 atom stereocenters. The maximum atomic E-state index is 12.7. The minimum Gasteiger partial charge on any atom is -0.486 e. The van der Waals surface area contributed by atoms with Gasteiger partial charge in [-0.1, -0.05) is 23.9 Å². The number of hydrogen-bond donors (Lipinski definition) is 1. The second-order valence-electron chi connectivity index (χ2n) is 7.60. The lowest BCUT2D eigenvalue weighted by atomic mass is 10.1. The second-order valence-corrected chi connectivity index (χ2v) is 8.55. The Kier molecular flexibility index (Phi) is 6.11. The van der Waals surface area contributed by atoms with Crippen LogP contribution in [-0.2, 0) is 4.79 Å².